The molecular formula is C16H22N2O5S. The van der Waals surface area contributed by atoms with Gasteiger partial charge in [0.05, 0.1) is 18.6 Å². The molecule has 1 aromatic rings. The second-order valence-electron chi connectivity index (χ2n) is 5.97. The zero-order valence-electron chi connectivity index (χ0n) is 13.7. The van der Waals surface area contributed by atoms with Gasteiger partial charge in [0.15, 0.2) is 0 Å². The van der Waals surface area contributed by atoms with E-state index in [1.165, 1.54) is 11.4 Å². The lowest BCUT2D eigenvalue weighted by Gasteiger charge is -2.29. The van der Waals surface area contributed by atoms with E-state index in [-0.39, 0.29) is 11.7 Å². The number of carbonyl (C=O) groups excluding carboxylic acids is 1. The molecule has 0 spiro atoms. The van der Waals surface area contributed by atoms with Crippen molar-refractivity contribution in [3.63, 3.8) is 0 Å². The van der Waals surface area contributed by atoms with Gasteiger partial charge in [-0.05, 0) is 37.8 Å². The van der Waals surface area contributed by atoms with Crippen LogP contribution in [0.2, 0.25) is 0 Å². The Morgan fingerprint density at radius 3 is 2.83 bits per heavy atom. The van der Waals surface area contributed by atoms with Gasteiger partial charge in [-0.3, -0.25) is 9.10 Å². The molecule has 1 unspecified atom stereocenters. The van der Waals surface area contributed by atoms with E-state index in [0.29, 0.717) is 43.1 Å². The van der Waals surface area contributed by atoms with E-state index in [1.54, 1.807) is 18.2 Å². The van der Waals surface area contributed by atoms with Crippen LogP contribution in [0.15, 0.2) is 18.2 Å². The number of sulfonamides is 1. The quantitative estimate of drug-likeness (QED) is 0.890. The predicted molar refractivity (Wildman–Crippen MR) is 91.0 cm³/mol. The van der Waals surface area contributed by atoms with Crippen molar-refractivity contribution in [2.24, 2.45) is 0 Å². The highest BCUT2D eigenvalue weighted by atomic mass is 32.2. The maximum Gasteiger partial charge on any atom is 0.253 e. The van der Waals surface area contributed by atoms with Gasteiger partial charge in [0, 0.05) is 24.9 Å². The number of amides is 1. The number of carbonyl (C=O) groups is 1. The van der Waals surface area contributed by atoms with Crippen LogP contribution in [0.25, 0.3) is 0 Å². The maximum absolute atomic E-state index is 12.3. The van der Waals surface area contributed by atoms with Crippen molar-refractivity contribution in [1.82, 2.24) is 0 Å². The van der Waals surface area contributed by atoms with Crippen LogP contribution < -0.4 is 14.4 Å². The summed E-state index contributed by atoms with van der Waals surface area (Å²) in [4.78, 5) is 12.1. The van der Waals surface area contributed by atoms with Crippen LogP contribution in [0.1, 0.15) is 25.7 Å². The maximum atomic E-state index is 12.3. The number of methoxy groups -OCH3 is 1. The Kier molecular flexibility index (Phi) is 4.96. The van der Waals surface area contributed by atoms with Gasteiger partial charge in [0.1, 0.15) is 11.9 Å². The summed E-state index contributed by atoms with van der Waals surface area (Å²) in [6, 6.07) is 5.01. The number of nitrogens with zero attached hydrogens (tertiary/aromatic N) is 1. The molecule has 8 heteroatoms. The minimum Gasteiger partial charge on any atom is -0.494 e. The number of ether oxygens (including phenoxy) is 2. The molecule has 0 radical (unpaired) electrons. The van der Waals surface area contributed by atoms with Crippen LogP contribution in [-0.4, -0.2) is 46.4 Å². The molecule has 2 heterocycles. The lowest BCUT2D eigenvalue weighted by molar-refractivity contribution is -0.124. The molecule has 7 nitrogen and oxygen atoms in total. The Balaban J connectivity index is 1.81. The average molecular weight is 354 g/mol. The standard InChI is InChI=1S/C16H22N2O5S/c1-22-15-11-12(17-16(19)14-5-4-9-23-14)6-7-13(15)18-8-2-3-10-24(18,20)21/h6-7,11,14H,2-5,8-10H2,1H3,(H,17,19). The molecule has 1 aromatic carbocycles. The summed E-state index contributed by atoms with van der Waals surface area (Å²) in [5.74, 6) is 0.381. The summed E-state index contributed by atoms with van der Waals surface area (Å²) in [5.41, 5.74) is 1.07. The third-order valence-corrected chi connectivity index (χ3v) is 6.14. The number of hydrogen-bond acceptors (Lipinski definition) is 5. The van der Waals surface area contributed by atoms with E-state index < -0.39 is 16.1 Å². The summed E-state index contributed by atoms with van der Waals surface area (Å²) >= 11 is 0. The summed E-state index contributed by atoms with van der Waals surface area (Å²) in [6.07, 6.45) is 2.68. The molecule has 0 aromatic heterocycles. The minimum absolute atomic E-state index is 0.146. The third-order valence-electron chi connectivity index (χ3n) is 4.29. The van der Waals surface area contributed by atoms with E-state index in [9.17, 15) is 13.2 Å². The summed E-state index contributed by atoms with van der Waals surface area (Å²) < 4.78 is 36.6. The number of hydrogen-bond donors (Lipinski definition) is 1. The minimum atomic E-state index is -3.31. The van der Waals surface area contributed by atoms with Crippen LogP contribution in [0.5, 0.6) is 5.75 Å². The SMILES string of the molecule is COc1cc(NC(=O)C2CCCO2)ccc1N1CCCCS1(=O)=O. The van der Waals surface area contributed by atoms with Crippen LogP contribution >= 0.6 is 0 Å². The third kappa shape index (κ3) is 3.49. The molecular weight excluding hydrogens is 332 g/mol. The molecule has 1 N–H and O–H groups in total. The zero-order valence-corrected chi connectivity index (χ0v) is 14.5. The van der Waals surface area contributed by atoms with Gasteiger partial charge in [0.25, 0.3) is 5.91 Å². The molecule has 3 rings (SSSR count). The zero-order chi connectivity index (χ0) is 17.2. The molecule has 2 aliphatic heterocycles. The summed E-state index contributed by atoms with van der Waals surface area (Å²) in [7, 11) is -1.83. The van der Waals surface area contributed by atoms with Crippen molar-refractivity contribution in [2.75, 3.05) is 35.6 Å². The van der Waals surface area contributed by atoms with Crippen LogP contribution in [-0.2, 0) is 19.6 Å². The van der Waals surface area contributed by atoms with Gasteiger partial charge in [-0.25, -0.2) is 8.42 Å². The molecule has 24 heavy (non-hydrogen) atoms. The number of nitrogens with one attached hydrogen (secondary N) is 1. The smallest absolute Gasteiger partial charge is 0.253 e. The Labute approximate surface area is 142 Å². The molecule has 1 atom stereocenters. The number of anilines is 2. The predicted octanol–water partition coefficient (Wildman–Crippen LogP) is 1.74. The molecule has 0 bridgehead atoms. The Hall–Kier alpha value is -1.80. The molecule has 1 amide bonds. The van der Waals surface area contributed by atoms with Crippen LogP contribution in [0.4, 0.5) is 11.4 Å². The van der Waals surface area contributed by atoms with Crippen LogP contribution in [0.3, 0.4) is 0 Å². The van der Waals surface area contributed by atoms with Gasteiger partial charge < -0.3 is 14.8 Å². The van der Waals surface area contributed by atoms with Crippen molar-refractivity contribution < 1.29 is 22.7 Å². The molecule has 0 aliphatic carbocycles. The largest absolute Gasteiger partial charge is 0.494 e. The van der Waals surface area contributed by atoms with E-state index >= 15 is 0 Å². The van der Waals surface area contributed by atoms with Gasteiger partial charge in [-0.1, -0.05) is 0 Å². The highest BCUT2D eigenvalue weighted by Crippen LogP contribution is 2.35. The molecule has 0 saturated carbocycles. The highest BCUT2D eigenvalue weighted by Gasteiger charge is 2.29. The summed E-state index contributed by atoms with van der Waals surface area (Å²) in [6.45, 7) is 1.05. The van der Waals surface area contributed by atoms with Gasteiger partial charge in [-0.15, -0.1) is 0 Å². The highest BCUT2D eigenvalue weighted by molar-refractivity contribution is 7.92. The molecule has 2 aliphatic rings. The normalized spacial score (nSPS) is 23.0. The average Bonchev–Trinajstić information content (AvgIpc) is 3.09. The van der Waals surface area contributed by atoms with E-state index in [2.05, 4.69) is 5.32 Å². The van der Waals surface area contributed by atoms with Crippen molar-refractivity contribution in [1.29, 1.82) is 0 Å². The first-order chi connectivity index (χ1) is 11.5. The second kappa shape index (κ2) is 6.98. The van der Waals surface area contributed by atoms with Crippen molar-refractivity contribution in [3.05, 3.63) is 18.2 Å². The van der Waals surface area contributed by atoms with E-state index in [0.717, 1.165) is 12.8 Å². The fraction of sp³-hybridized carbons (Fsp3) is 0.562. The van der Waals surface area contributed by atoms with Crippen molar-refractivity contribution in [2.45, 2.75) is 31.8 Å². The van der Waals surface area contributed by atoms with E-state index in [1.807, 2.05) is 0 Å². The molecule has 2 fully saturated rings. The Morgan fingerprint density at radius 2 is 2.17 bits per heavy atom. The summed E-state index contributed by atoms with van der Waals surface area (Å²) in [5, 5.41) is 2.80. The van der Waals surface area contributed by atoms with Crippen LogP contribution in [0, 0.1) is 0 Å². The van der Waals surface area contributed by atoms with Gasteiger partial charge >= 0.3 is 0 Å². The fourth-order valence-electron chi connectivity index (χ4n) is 3.03. The number of benzene rings is 1. The number of rotatable bonds is 4. The first kappa shape index (κ1) is 17.0. The van der Waals surface area contributed by atoms with Gasteiger partial charge in [-0.2, -0.15) is 0 Å². The Bertz CT molecular complexity index is 713. The van der Waals surface area contributed by atoms with E-state index in [4.69, 9.17) is 9.47 Å². The molecule has 132 valence electrons. The Morgan fingerprint density at radius 1 is 1.33 bits per heavy atom. The monoisotopic (exact) mass is 354 g/mol. The fourth-order valence-corrected chi connectivity index (χ4v) is 4.68. The lowest BCUT2D eigenvalue weighted by Crippen LogP contribution is -2.38. The lowest BCUT2D eigenvalue weighted by atomic mass is 10.2. The van der Waals surface area contributed by atoms with Gasteiger partial charge in [0.2, 0.25) is 10.0 Å². The first-order valence-corrected chi connectivity index (χ1v) is 9.73. The van der Waals surface area contributed by atoms with Crippen molar-refractivity contribution >= 4 is 27.3 Å². The van der Waals surface area contributed by atoms with Crippen molar-refractivity contribution in [3.8, 4) is 5.75 Å². The second-order valence-corrected chi connectivity index (χ2v) is 7.99. The molecule has 2 saturated heterocycles. The first-order valence-electron chi connectivity index (χ1n) is 8.12. The topological polar surface area (TPSA) is 84.9 Å².